The first-order valence-corrected chi connectivity index (χ1v) is 9.05. The number of carbonyl (C=O) groups is 2. The number of halogens is 3. The molecule has 27 heavy (non-hydrogen) atoms. The van der Waals surface area contributed by atoms with Crippen LogP contribution in [0.4, 0.5) is 5.69 Å². The van der Waals surface area contributed by atoms with Crippen LogP contribution >= 0.6 is 36.4 Å². The lowest BCUT2D eigenvalue weighted by Gasteiger charge is -2.35. The second-order valence-corrected chi connectivity index (χ2v) is 7.27. The van der Waals surface area contributed by atoms with E-state index in [0.717, 1.165) is 0 Å². The fourth-order valence-electron chi connectivity index (χ4n) is 2.92. The van der Waals surface area contributed by atoms with Gasteiger partial charge in [-0.05, 0) is 24.5 Å². The Morgan fingerprint density at radius 1 is 1.15 bits per heavy atom. The number of nitrogens with one attached hydrogen (secondary N) is 1. The lowest BCUT2D eigenvalue weighted by atomic mass is 10.0. The third kappa shape index (κ3) is 8.23. The molecule has 0 radical (unpaired) electrons. The Hall–Kier alpha value is -1.05. The summed E-state index contributed by atoms with van der Waals surface area (Å²) in [7, 11) is 0. The van der Waals surface area contributed by atoms with E-state index in [0.29, 0.717) is 49.2 Å². The number of nitrogens with two attached hydrogens (primary N) is 1. The van der Waals surface area contributed by atoms with Crippen molar-refractivity contribution in [3.05, 3.63) is 29.3 Å². The van der Waals surface area contributed by atoms with Gasteiger partial charge in [-0.1, -0.05) is 37.6 Å². The van der Waals surface area contributed by atoms with Crippen LogP contribution in [0.1, 0.15) is 20.3 Å². The zero-order valence-corrected chi connectivity index (χ0v) is 18.1. The Labute approximate surface area is 178 Å². The summed E-state index contributed by atoms with van der Waals surface area (Å²) in [6.07, 6.45) is 0.694. The van der Waals surface area contributed by atoms with Crippen LogP contribution in [0.2, 0.25) is 5.02 Å². The summed E-state index contributed by atoms with van der Waals surface area (Å²) in [5.74, 6) is 0.298. The molecule has 0 aromatic heterocycles. The van der Waals surface area contributed by atoms with Crippen molar-refractivity contribution in [3.63, 3.8) is 0 Å². The number of hydrogen-bond donors (Lipinski definition) is 2. The SMILES string of the molecule is CC(C)C[C@H](N)C(=O)N1CCN(CC(=O)Nc2ccccc2Cl)CC1.Cl.Cl. The van der Waals surface area contributed by atoms with Crippen molar-refractivity contribution in [2.75, 3.05) is 38.0 Å². The Morgan fingerprint density at radius 3 is 2.30 bits per heavy atom. The molecule has 6 nitrogen and oxygen atoms in total. The van der Waals surface area contributed by atoms with Crippen molar-refractivity contribution < 1.29 is 9.59 Å². The molecule has 0 spiro atoms. The molecule has 1 aliphatic heterocycles. The molecule has 154 valence electrons. The van der Waals surface area contributed by atoms with Crippen LogP contribution in [0.5, 0.6) is 0 Å². The first-order chi connectivity index (χ1) is 11.9. The fourth-order valence-corrected chi connectivity index (χ4v) is 3.11. The molecule has 1 aliphatic rings. The molecule has 1 aromatic rings. The molecule has 0 bridgehead atoms. The quantitative estimate of drug-likeness (QED) is 0.714. The van der Waals surface area contributed by atoms with Crippen LogP contribution < -0.4 is 11.1 Å². The summed E-state index contributed by atoms with van der Waals surface area (Å²) in [4.78, 5) is 28.3. The average Bonchev–Trinajstić information content (AvgIpc) is 2.56. The Bertz CT molecular complexity index is 608. The average molecular weight is 440 g/mol. The molecule has 9 heteroatoms. The lowest BCUT2D eigenvalue weighted by molar-refractivity contribution is -0.134. The Morgan fingerprint density at radius 2 is 1.74 bits per heavy atom. The van der Waals surface area contributed by atoms with Gasteiger partial charge in [-0.15, -0.1) is 24.8 Å². The van der Waals surface area contributed by atoms with Crippen molar-refractivity contribution >= 4 is 53.9 Å². The number of carbonyl (C=O) groups excluding carboxylic acids is 2. The maximum atomic E-state index is 12.3. The lowest BCUT2D eigenvalue weighted by Crippen LogP contribution is -2.54. The van der Waals surface area contributed by atoms with Gasteiger partial charge in [0.05, 0.1) is 23.3 Å². The van der Waals surface area contributed by atoms with E-state index in [1.165, 1.54) is 0 Å². The highest BCUT2D eigenvalue weighted by atomic mass is 35.5. The molecule has 1 saturated heterocycles. The summed E-state index contributed by atoms with van der Waals surface area (Å²) in [6, 6.07) is 6.72. The molecule has 0 unspecified atom stereocenters. The second kappa shape index (κ2) is 12.4. The summed E-state index contributed by atoms with van der Waals surface area (Å²) < 4.78 is 0. The van der Waals surface area contributed by atoms with E-state index < -0.39 is 6.04 Å². The van der Waals surface area contributed by atoms with Crippen molar-refractivity contribution in [2.45, 2.75) is 26.3 Å². The molecule has 3 N–H and O–H groups in total. The minimum Gasteiger partial charge on any atom is -0.339 e. The summed E-state index contributed by atoms with van der Waals surface area (Å²) in [6.45, 7) is 6.93. The highest BCUT2D eigenvalue weighted by Gasteiger charge is 2.26. The molecule has 1 atom stereocenters. The normalized spacial score (nSPS) is 15.5. The van der Waals surface area contributed by atoms with Crippen molar-refractivity contribution in [3.8, 4) is 0 Å². The summed E-state index contributed by atoms with van der Waals surface area (Å²) in [5.41, 5.74) is 6.60. The predicted octanol–water partition coefficient (Wildman–Crippen LogP) is 2.64. The van der Waals surface area contributed by atoms with Gasteiger partial charge in [-0.3, -0.25) is 14.5 Å². The van der Waals surface area contributed by atoms with E-state index in [1.54, 1.807) is 17.0 Å². The van der Waals surface area contributed by atoms with Gasteiger partial charge >= 0.3 is 0 Å². The number of rotatable bonds is 6. The van der Waals surface area contributed by atoms with Gasteiger partial charge in [0, 0.05) is 26.2 Å². The van der Waals surface area contributed by atoms with Gasteiger partial charge in [-0.2, -0.15) is 0 Å². The monoisotopic (exact) mass is 438 g/mol. The maximum Gasteiger partial charge on any atom is 0.239 e. The van der Waals surface area contributed by atoms with Gasteiger partial charge in [0.15, 0.2) is 0 Å². The maximum absolute atomic E-state index is 12.3. The smallest absolute Gasteiger partial charge is 0.239 e. The summed E-state index contributed by atoms with van der Waals surface area (Å²) in [5, 5.41) is 3.34. The van der Waals surface area contributed by atoms with Gasteiger partial charge in [0.2, 0.25) is 11.8 Å². The topological polar surface area (TPSA) is 78.7 Å². The second-order valence-electron chi connectivity index (χ2n) is 6.87. The number of nitrogens with zero attached hydrogens (tertiary/aromatic N) is 2. The predicted molar refractivity (Wildman–Crippen MR) is 115 cm³/mol. The first-order valence-electron chi connectivity index (χ1n) is 8.68. The minimum atomic E-state index is -0.435. The molecular weight excluding hydrogens is 411 g/mol. The van der Waals surface area contributed by atoms with Crippen molar-refractivity contribution in [1.29, 1.82) is 0 Å². The van der Waals surface area contributed by atoms with E-state index in [2.05, 4.69) is 19.2 Å². The van der Waals surface area contributed by atoms with Gasteiger partial charge in [-0.25, -0.2) is 0 Å². The molecule has 1 aromatic carbocycles. The molecular formula is C18H29Cl3N4O2. The zero-order valence-electron chi connectivity index (χ0n) is 15.7. The molecule has 2 amide bonds. The van der Waals surface area contributed by atoms with Crippen LogP contribution in [-0.2, 0) is 9.59 Å². The van der Waals surface area contributed by atoms with E-state index >= 15 is 0 Å². The summed E-state index contributed by atoms with van der Waals surface area (Å²) >= 11 is 6.05. The molecule has 0 saturated carbocycles. The first kappa shape index (κ1) is 26.0. The molecule has 1 heterocycles. The number of piperazine rings is 1. The van der Waals surface area contributed by atoms with Crippen LogP contribution in [0.25, 0.3) is 0 Å². The van der Waals surface area contributed by atoms with Crippen LogP contribution in [0.15, 0.2) is 24.3 Å². The van der Waals surface area contributed by atoms with Crippen LogP contribution in [0, 0.1) is 5.92 Å². The Balaban J connectivity index is 0.00000338. The third-order valence-electron chi connectivity index (χ3n) is 4.24. The fraction of sp³-hybridized carbons (Fsp3) is 0.556. The van der Waals surface area contributed by atoms with E-state index in [9.17, 15) is 9.59 Å². The third-order valence-corrected chi connectivity index (χ3v) is 4.57. The van der Waals surface area contributed by atoms with E-state index in [1.807, 2.05) is 17.0 Å². The highest BCUT2D eigenvalue weighted by molar-refractivity contribution is 6.33. The van der Waals surface area contributed by atoms with Gasteiger partial charge in [0.25, 0.3) is 0 Å². The standard InChI is InChI=1S/C18H27ClN4O2.2ClH/c1-13(2)11-15(20)18(25)23-9-7-22(8-10-23)12-17(24)21-16-6-4-3-5-14(16)19;;/h3-6,13,15H,7-12,20H2,1-2H3,(H,21,24);2*1H/t15-;;/m0../s1. The Kier molecular flexibility index (Phi) is 11.9. The molecule has 2 rings (SSSR count). The van der Waals surface area contributed by atoms with Gasteiger partial charge in [0.1, 0.15) is 0 Å². The van der Waals surface area contributed by atoms with Gasteiger partial charge < -0.3 is 16.0 Å². The molecule has 0 aliphatic carbocycles. The highest BCUT2D eigenvalue weighted by Crippen LogP contribution is 2.20. The number of hydrogen-bond acceptors (Lipinski definition) is 4. The number of anilines is 1. The number of para-hydroxylation sites is 1. The van der Waals surface area contributed by atoms with Crippen LogP contribution in [-0.4, -0.2) is 60.4 Å². The van der Waals surface area contributed by atoms with E-state index in [-0.39, 0.29) is 43.2 Å². The van der Waals surface area contributed by atoms with Crippen LogP contribution in [0.3, 0.4) is 0 Å². The number of amides is 2. The minimum absolute atomic E-state index is 0. The van der Waals surface area contributed by atoms with E-state index in [4.69, 9.17) is 17.3 Å². The largest absolute Gasteiger partial charge is 0.339 e. The van der Waals surface area contributed by atoms with Crippen molar-refractivity contribution in [2.24, 2.45) is 11.7 Å². The molecule has 1 fully saturated rings. The van der Waals surface area contributed by atoms with Crippen molar-refractivity contribution in [1.82, 2.24) is 9.80 Å². The number of benzene rings is 1. The zero-order chi connectivity index (χ0) is 18.4.